The van der Waals surface area contributed by atoms with Gasteiger partial charge >= 0.3 is 6.36 Å². The van der Waals surface area contributed by atoms with Crippen LogP contribution >= 0.6 is 0 Å². The molecular formula is C24H22F3N5O4. The molecule has 0 unspecified atom stereocenters. The van der Waals surface area contributed by atoms with Crippen molar-refractivity contribution < 1.29 is 32.6 Å². The van der Waals surface area contributed by atoms with Gasteiger partial charge in [-0.25, -0.2) is 4.99 Å². The van der Waals surface area contributed by atoms with Crippen molar-refractivity contribution in [1.29, 1.82) is 0 Å². The molecule has 36 heavy (non-hydrogen) atoms. The summed E-state index contributed by atoms with van der Waals surface area (Å²) in [5, 5.41) is 21.2. The van der Waals surface area contributed by atoms with E-state index in [2.05, 4.69) is 30.5 Å². The van der Waals surface area contributed by atoms with E-state index in [-0.39, 0.29) is 46.8 Å². The van der Waals surface area contributed by atoms with Crippen molar-refractivity contribution in [3.05, 3.63) is 53.6 Å². The molecule has 12 heteroatoms. The van der Waals surface area contributed by atoms with Crippen molar-refractivity contribution in [1.82, 2.24) is 15.6 Å². The molecule has 1 amide bonds. The number of nitrogens with zero attached hydrogens (tertiary/aromatic N) is 2. The highest BCUT2D eigenvalue weighted by molar-refractivity contribution is 6.58. The van der Waals surface area contributed by atoms with Crippen molar-refractivity contribution in [3.8, 4) is 11.6 Å². The molecule has 0 aliphatic carbocycles. The third-order valence-electron chi connectivity index (χ3n) is 5.89. The Balaban J connectivity index is 1.44. The number of hydrogen-bond donors (Lipinski definition) is 4. The van der Waals surface area contributed by atoms with Crippen LogP contribution in [-0.2, 0) is 9.63 Å². The molecule has 3 heterocycles. The number of aromatic nitrogens is 1. The first kappa shape index (κ1) is 23.7. The zero-order valence-corrected chi connectivity index (χ0v) is 18.9. The van der Waals surface area contributed by atoms with E-state index in [1.54, 1.807) is 24.3 Å². The molecule has 0 spiro atoms. The molecule has 0 saturated carbocycles. The third kappa shape index (κ3) is 4.98. The standard InChI is InChI=1S/C24H22F3N5O4/c25-24(26,27)36-14-5-6-18-16(11-14)20(23(34)31-18)22-21(15-3-1-2-4-17(15)30-22)32-35-12-19(33)29-13-7-9-28-10-8-13/h1-6,11,13,28,31,34H,7-10,12H2,(H,29,33). The molecule has 2 aliphatic heterocycles. The van der Waals surface area contributed by atoms with Crippen LogP contribution in [-0.4, -0.2) is 59.5 Å². The molecule has 1 saturated heterocycles. The van der Waals surface area contributed by atoms with E-state index >= 15 is 0 Å². The Kier molecular flexibility index (Phi) is 6.27. The second-order valence-corrected chi connectivity index (χ2v) is 8.39. The van der Waals surface area contributed by atoms with Crippen LogP contribution in [0.1, 0.15) is 24.0 Å². The average molecular weight is 501 g/mol. The Morgan fingerprint density at radius 2 is 1.97 bits per heavy atom. The largest absolute Gasteiger partial charge is 0.573 e. The number of piperidine rings is 1. The molecular weight excluding hydrogens is 479 g/mol. The number of H-pyrrole nitrogens is 1. The number of ether oxygens (including phenoxy) is 1. The van der Waals surface area contributed by atoms with Gasteiger partial charge in [-0.3, -0.25) is 4.79 Å². The lowest BCUT2D eigenvalue weighted by molar-refractivity contribution is -0.274. The third-order valence-corrected chi connectivity index (χ3v) is 5.89. The number of fused-ring (bicyclic) bond motifs is 2. The van der Waals surface area contributed by atoms with Crippen molar-refractivity contribution >= 4 is 33.9 Å². The number of para-hydroxylation sites is 1. The second kappa shape index (κ2) is 9.53. The quantitative estimate of drug-likeness (QED) is 0.386. The van der Waals surface area contributed by atoms with Crippen molar-refractivity contribution in [3.63, 3.8) is 0 Å². The molecule has 188 valence electrons. The van der Waals surface area contributed by atoms with Gasteiger partial charge in [-0.1, -0.05) is 23.4 Å². The number of amides is 1. The zero-order valence-electron chi connectivity index (χ0n) is 18.9. The lowest BCUT2D eigenvalue weighted by Gasteiger charge is -2.23. The highest BCUT2D eigenvalue weighted by Gasteiger charge is 2.33. The van der Waals surface area contributed by atoms with Gasteiger partial charge in [-0.05, 0) is 50.2 Å². The Bertz CT molecular complexity index is 1360. The number of oxime groups is 1. The summed E-state index contributed by atoms with van der Waals surface area (Å²) in [5.41, 5.74) is 2.04. The average Bonchev–Trinajstić information content (AvgIpc) is 3.34. The van der Waals surface area contributed by atoms with Gasteiger partial charge < -0.3 is 30.3 Å². The van der Waals surface area contributed by atoms with Gasteiger partial charge in [0.25, 0.3) is 5.91 Å². The Morgan fingerprint density at radius 3 is 2.75 bits per heavy atom. The smallest absolute Gasteiger partial charge is 0.494 e. The first-order chi connectivity index (χ1) is 17.3. The topological polar surface area (TPSA) is 120 Å². The maximum Gasteiger partial charge on any atom is 0.573 e. The van der Waals surface area contributed by atoms with Gasteiger partial charge in [0.15, 0.2) is 12.5 Å². The number of hydrogen-bond acceptors (Lipinski definition) is 7. The molecule has 0 atom stereocenters. The highest BCUT2D eigenvalue weighted by Crippen LogP contribution is 2.37. The summed E-state index contributed by atoms with van der Waals surface area (Å²) in [4.78, 5) is 24.9. The van der Waals surface area contributed by atoms with E-state index in [1.807, 2.05) is 0 Å². The molecule has 2 aliphatic rings. The van der Waals surface area contributed by atoms with Gasteiger partial charge in [0.2, 0.25) is 0 Å². The molecule has 5 rings (SSSR count). The lowest BCUT2D eigenvalue weighted by Crippen LogP contribution is -2.43. The Labute approximate surface area is 203 Å². The SMILES string of the molecule is O=C(CON=C1C(c2c(O)[nH]c3ccc(OC(F)(F)F)cc23)=Nc2ccccc21)NC1CCNCC1. The van der Waals surface area contributed by atoms with Crippen molar-refractivity contribution in [2.24, 2.45) is 10.1 Å². The van der Waals surface area contributed by atoms with Crippen LogP contribution in [0.5, 0.6) is 11.6 Å². The molecule has 9 nitrogen and oxygen atoms in total. The van der Waals surface area contributed by atoms with E-state index in [9.17, 15) is 23.1 Å². The monoisotopic (exact) mass is 501 g/mol. The number of carbonyl (C=O) groups excluding carboxylic acids is 1. The summed E-state index contributed by atoms with van der Waals surface area (Å²) in [6.45, 7) is 1.33. The van der Waals surface area contributed by atoms with Gasteiger partial charge in [0, 0.05) is 22.5 Å². The summed E-state index contributed by atoms with van der Waals surface area (Å²) in [6, 6.07) is 10.7. The summed E-state index contributed by atoms with van der Waals surface area (Å²) >= 11 is 0. The van der Waals surface area contributed by atoms with E-state index in [0.29, 0.717) is 16.8 Å². The molecule has 2 aromatic carbocycles. The van der Waals surface area contributed by atoms with E-state index in [4.69, 9.17) is 4.84 Å². The summed E-state index contributed by atoms with van der Waals surface area (Å²) < 4.78 is 42.3. The lowest BCUT2D eigenvalue weighted by atomic mass is 10.0. The number of halogens is 3. The predicted octanol–water partition coefficient (Wildman–Crippen LogP) is 3.50. The van der Waals surface area contributed by atoms with Crippen LogP contribution in [0.4, 0.5) is 18.9 Å². The number of carbonyl (C=O) groups is 1. The summed E-state index contributed by atoms with van der Waals surface area (Å²) in [7, 11) is 0. The van der Waals surface area contributed by atoms with Crippen molar-refractivity contribution in [2.75, 3.05) is 19.7 Å². The fourth-order valence-electron chi connectivity index (χ4n) is 4.32. The first-order valence-electron chi connectivity index (χ1n) is 11.3. The molecule has 3 aromatic rings. The molecule has 4 N–H and O–H groups in total. The van der Waals surface area contributed by atoms with E-state index in [0.717, 1.165) is 38.1 Å². The predicted molar refractivity (Wildman–Crippen MR) is 126 cm³/mol. The first-order valence-corrected chi connectivity index (χ1v) is 11.3. The number of aromatic amines is 1. The fourth-order valence-corrected chi connectivity index (χ4v) is 4.32. The molecule has 0 radical (unpaired) electrons. The molecule has 1 fully saturated rings. The van der Waals surface area contributed by atoms with E-state index < -0.39 is 12.1 Å². The molecule has 0 bridgehead atoms. The summed E-state index contributed by atoms with van der Waals surface area (Å²) in [5.74, 6) is -1.08. The maximum absolute atomic E-state index is 12.8. The van der Waals surface area contributed by atoms with Gasteiger partial charge in [-0.15, -0.1) is 13.2 Å². The van der Waals surface area contributed by atoms with Crippen LogP contribution in [0.15, 0.2) is 52.6 Å². The van der Waals surface area contributed by atoms with Crippen LogP contribution < -0.4 is 15.4 Å². The summed E-state index contributed by atoms with van der Waals surface area (Å²) in [6.07, 6.45) is -3.23. The van der Waals surface area contributed by atoms with Crippen LogP contribution in [0.3, 0.4) is 0 Å². The minimum Gasteiger partial charge on any atom is -0.494 e. The second-order valence-electron chi connectivity index (χ2n) is 8.39. The zero-order chi connectivity index (χ0) is 25.3. The number of rotatable bonds is 6. The number of nitrogens with one attached hydrogen (secondary N) is 3. The fraction of sp³-hybridized carbons (Fsp3) is 0.292. The normalized spacial score (nSPS) is 17.2. The van der Waals surface area contributed by atoms with Gasteiger partial charge in [0.1, 0.15) is 17.2 Å². The highest BCUT2D eigenvalue weighted by atomic mass is 19.4. The number of benzene rings is 2. The van der Waals surface area contributed by atoms with Crippen LogP contribution in [0, 0.1) is 0 Å². The van der Waals surface area contributed by atoms with Gasteiger partial charge in [0.05, 0.1) is 11.3 Å². The number of aliphatic imine (C=N–C) groups is 1. The number of aromatic hydroxyl groups is 1. The van der Waals surface area contributed by atoms with Gasteiger partial charge in [-0.2, -0.15) is 0 Å². The maximum atomic E-state index is 12.8. The molecule has 1 aromatic heterocycles. The van der Waals surface area contributed by atoms with Crippen molar-refractivity contribution in [2.45, 2.75) is 25.2 Å². The van der Waals surface area contributed by atoms with Crippen LogP contribution in [0.2, 0.25) is 0 Å². The minimum atomic E-state index is -4.87. The number of alkyl halides is 3. The minimum absolute atomic E-state index is 0.0654. The Hall–Kier alpha value is -4.06. The Morgan fingerprint density at radius 1 is 1.19 bits per heavy atom. The van der Waals surface area contributed by atoms with E-state index in [1.165, 1.54) is 6.07 Å². The van der Waals surface area contributed by atoms with Crippen LogP contribution in [0.25, 0.3) is 10.9 Å².